The molecular formula is C21H41NP4. The van der Waals surface area contributed by atoms with Gasteiger partial charge in [-0.2, -0.15) is 0 Å². The maximum absolute atomic E-state index is 5.37. The Morgan fingerprint density at radius 2 is 0.885 bits per heavy atom. The van der Waals surface area contributed by atoms with Gasteiger partial charge in [0.05, 0.1) is 0 Å². The third-order valence-corrected chi connectivity index (χ3v) is 9.97. The summed E-state index contributed by atoms with van der Waals surface area (Å²) in [5.74, 6) is 0. The van der Waals surface area contributed by atoms with Gasteiger partial charge in [-0.1, -0.05) is 19.9 Å². The van der Waals surface area contributed by atoms with Crippen molar-refractivity contribution in [1.29, 1.82) is 0 Å². The standard InChI is InChI=1S/C21H41NP4/c1-20(14-23(3)4,15-24(5)6)18-12-11-13-19(22-18)21(2,16-25(7)8)17-26(9)10/h11-13H,14-17H2,1-10H3. The van der Waals surface area contributed by atoms with Crippen molar-refractivity contribution in [2.24, 2.45) is 0 Å². The monoisotopic (exact) mass is 431 g/mol. The van der Waals surface area contributed by atoms with Crippen LogP contribution in [0.5, 0.6) is 0 Å². The molecular weight excluding hydrogens is 390 g/mol. The number of aromatic nitrogens is 1. The summed E-state index contributed by atoms with van der Waals surface area (Å²) < 4.78 is 0. The molecule has 0 aromatic carbocycles. The molecule has 0 unspecified atom stereocenters. The molecule has 1 heterocycles. The van der Waals surface area contributed by atoms with Gasteiger partial charge in [0.25, 0.3) is 0 Å². The van der Waals surface area contributed by atoms with E-state index in [1.807, 2.05) is 0 Å². The fourth-order valence-corrected chi connectivity index (χ4v) is 11.4. The third-order valence-electron chi connectivity index (χ3n) is 4.65. The highest BCUT2D eigenvalue weighted by atomic mass is 31.1. The van der Waals surface area contributed by atoms with E-state index in [-0.39, 0.29) is 42.5 Å². The predicted octanol–water partition coefficient (Wildman–Crippen LogP) is 6.56. The van der Waals surface area contributed by atoms with E-state index in [4.69, 9.17) is 4.98 Å². The summed E-state index contributed by atoms with van der Waals surface area (Å²) in [5.41, 5.74) is 3.16. The van der Waals surface area contributed by atoms with Gasteiger partial charge in [0.15, 0.2) is 0 Å². The van der Waals surface area contributed by atoms with Gasteiger partial charge in [0.2, 0.25) is 0 Å². The quantitative estimate of drug-likeness (QED) is 0.382. The highest BCUT2D eigenvalue weighted by Crippen LogP contribution is 2.46. The fourth-order valence-electron chi connectivity index (χ4n) is 4.32. The van der Waals surface area contributed by atoms with Gasteiger partial charge in [-0.3, -0.25) is 4.98 Å². The normalized spacial score (nSPS) is 13.5. The molecule has 1 nitrogen and oxygen atoms in total. The molecule has 0 radical (unpaired) electrons. The number of pyridine rings is 1. The summed E-state index contributed by atoms with van der Waals surface area (Å²) in [6.45, 7) is 24.3. The van der Waals surface area contributed by atoms with Crippen molar-refractivity contribution in [2.45, 2.75) is 24.7 Å². The lowest BCUT2D eigenvalue weighted by Gasteiger charge is -2.36. The molecule has 0 aliphatic heterocycles. The van der Waals surface area contributed by atoms with Crippen molar-refractivity contribution in [3.8, 4) is 0 Å². The maximum Gasteiger partial charge on any atom is 0.0473 e. The fraction of sp³-hybridized carbons (Fsp3) is 0.762. The number of nitrogens with zero attached hydrogens (tertiary/aromatic N) is 1. The van der Waals surface area contributed by atoms with E-state index < -0.39 is 0 Å². The Labute approximate surface area is 168 Å². The van der Waals surface area contributed by atoms with E-state index >= 15 is 0 Å². The summed E-state index contributed by atoms with van der Waals surface area (Å²) in [7, 11) is 0.274. The van der Waals surface area contributed by atoms with Crippen LogP contribution in [0.25, 0.3) is 0 Å². The zero-order valence-electron chi connectivity index (χ0n) is 18.8. The molecule has 1 aromatic rings. The number of hydrogen-bond acceptors (Lipinski definition) is 1. The van der Waals surface area contributed by atoms with Crippen molar-refractivity contribution in [3.05, 3.63) is 29.6 Å². The van der Waals surface area contributed by atoms with E-state index in [0.29, 0.717) is 0 Å². The number of hydrogen-bond donors (Lipinski definition) is 0. The highest BCUT2D eigenvalue weighted by molar-refractivity contribution is 7.57. The Hall–Kier alpha value is 0.870. The second-order valence-electron chi connectivity index (χ2n) is 9.48. The van der Waals surface area contributed by atoms with Crippen LogP contribution in [-0.4, -0.2) is 83.0 Å². The maximum atomic E-state index is 5.37. The number of rotatable bonds is 10. The zero-order chi connectivity index (χ0) is 20.1. The zero-order valence-corrected chi connectivity index (χ0v) is 22.4. The summed E-state index contributed by atoms with van der Waals surface area (Å²) >= 11 is 0. The van der Waals surface area contributed by atoms with E-state index in [9.17, 15) is 0 Å². The molecule has 5 heteroatoms. The second kappa shape index (κ2) is 10.6. The average Bonchev–Trinajstić information content (AvgIpc) is 2.43. The first-order valence-electron chi connectivity index (χ1n) is 9.45. The molecule has 26 heavy (non-hydrogen) atoms. The molecule has 0 aliphatic rings. The van der Waals surface area contributed by atoms with Crippen LogP contribution >= 0.6 is 31.7 Å². The van der Waals surface area contributed by atoms with E-state index in [1.54, 1.807) is 0 Å². The highest BCUT2D eigenvalue weighted by Gasteiger charge is 2.34. The van der Waals surface area contributed by atoms with Gasteiger partial charge in [-0.25, -0.2) is 0 Å². The topological polar surface area (TPSA) is 12.9 Å². The first kappa shape index (κ1) is 24.9. The van der Waals surface area contributed by atoms with Crippen LogP contribution in [0.4, 0.5) is 0 Å². The Balaban J connectivity index is 3.35. The van der Waals surface area contributed by atoms with Crippen LogP contribution < -0.4 is 0 Å². The summed E-state index contributed by atoms with van der Waals surface area (Å²) in [4.78, 5) is 5.37. The molecule has 0 saturated carbocycles. The minimum absolute atomic E-state index is 0.0686. The van der Waals surface area contributed by atoms with E-state index in [1.165, 1.54) is 36.0 Å². The molecule has 1 rings (SSSR count). The third kappa shape index (κ3) is 7.71. The molecule has 0 saturated heterocycles. The second-order valence-corrected chi connectivity index (χ2v) is 19.4. The minimum Gasteiger partial charge on any atom is -0.257 e. The predicted molar refractivity (Wildman–Crippen MR) is 133 cm³/mol. The molecule has 0 atom stereocenters. The molecule has 0 N–H and O–H groups in total. The first-order valence-corrected chi connectivity index (χ1v) is 19.1. The summed E-state index contributed by atoms with van der Waals surface area (Å²) in [5, 5.41) is 0. The lowest BCUT2D eigenvalue weighted by molar-refractivity contribution is 0.546. The molecule has 0 aliphatic carbocycles. The van der Waals surface area contributed by atoms with Crippen molar-refractivity contribution in [2.75, 3.05) is 78.0 Å². The Bertz CT molecular complexity index is 489. The SMILES string of the molecule is CP(C)CC(C)(CP(C)C)c1cccc(C(C)(CP(C)C)CP(C)C)n1. The molecule has 0 spiro atoms. The molecule has 150 valence electrons. The van der Waals surface area contributed by atoms with Gasteiger partial charge in [0, 0.05) is 22.2 Å². The molecule has 1 aromatic heterocycles. The largest absolute Gasteiger partial charge is 0.257 e. The van der Waals surface area contributed by atoms with Crippen molar-refractivity contribution in [1.82, 2.24) is 4.98 Å². The average molecular weight is 431 g/mol. The Morgan fingerprint density at radius 1 is 0.615 bits per heavy atom. The van der Waals surface area contributed by atoms with Crippen LogP contribution in [0.15, 0.2) is 18.2 Å². The summed E-state index contributed by atoms with van der Waals surface area (Å²) in [6, 6.07) is 6.91. The lowest BCUT2D eigenvalue weighted by atomic mass is 9.87. The van der Waals surface area contributed by atoms with Crippen LogP contribution in [0.3, 0.4) is 0 Å². The van der Waals surface area contributed by atoms with Crippen LogP contribution in [-0.2, 0) is 10.8 Å². The van der Waals surface area contributed by atoms with Crippen LogP contribution in [0.2, 0.25) is 0 Å². The molecule has 0 amide bonds. The smallest absolute Gasteiger partial charge is 0.0473 e. The lowest BCUT2D eigenvalue weighted by Crippen LogP contribution is -2.34. The van der Waals surface area contributed by atoms with Crippen LogP contribution in [0, 0.1) is 0 Å². The van der Waals surface area contributed by atoms with Gasteiger partial charge in [-0.05, 0) is 90.1 Å². The van der Waals surface area contributed by atoms with Gasteiger partial charge in [-0.15, -0.1) is 31.7 Å². The Kier molecular flexibility index (Phi) is 10.1. The molecule has 0 fully saturated rings. The van der Waals surface area contributed by atoms with Crippen molar-refractivity contribution < 1.29 is 0 Å². The summed E-state index contributed by atoms with van der Waals surface area (Å²) in [6.07, 6.45) is 5.16. The van der Waals surface area contributed by atoms with Gasteiger partial charge in [0.1, 0.15) is 0 Å². The van der Waals surface area contributed by atoms with E-state index in [0.717, 1.165) is 0 Å². The van der Waals surface area contributed by atoms with Crippen molar-refractivity contribution >= 4 is 31.7 Å². The van der Waals surface area contributed by atoms with Gasteiger partial charge < -0.3 is 0 Å². The Morgan fingerprint density at radius 3 is 1.12 bits per heavy atom. The molecule has 0 bridgehead atoms. The van der Waals surface area contributed by atoms with Crippen LogP contribution in [0.1, 0.15) is 25.2 Å². The first-order chi connectivity index (χ1) is 11.9. The van der Waals surface area contributed by atoms with E-state index in [2.05, 4.69) is 85.4 Å². The minimum atomic E-state index is 0.0686. The van der Waals surface area contributed by atoms with Crippen molar-refractivity contribution in [3.63, 3.8) is 0 Å². The van der Waals surface area contributed by atoms with Gasteiger partial charge >= 0.3 is 0 Å².